The third-order valence-corrected chi connectivity index (χ3v) is 3.18. The van der Waals surface area contributed by atoms with Gasteiger partial charge in [0.05, 0.1) is 24.9 Å². The average Bonchev–Trinajstić information content (AvgIpc) is 2.93. The lowest BCUT2D eigenvalue weighted by molar-refractivity contribution is -0.127. The normalized spacial score (nSPS) is 11.8. The second-order valence-corrected chi connectivity index (χ2v) is 5.06. The van der Waals surface area contributed by atoms with E-state index in [1.54, 1.807) is 43.2 Å². The SMILES string of the molecule is COc1ccccc1OC(C)C(=O)NCCn1cc(Cl)cn1. The van der Waals surface area contributed by atoms with Gasteiger partial charge in [-0.15, -0.1) is 0 Å². The highest BCUT2D eigenvalue weighted by Crippen LogP contribution is 2.26. The molecule has 0 saturated heterocycles. The standard InChI is InChI=1S/C15H18ClN3O3/c1-11(22-14-6-4-3-5-13(14)21-2)15(20)17-7-8-19-10-12(16)9-18-19/h3-6,9-11H,7-8H2,1-2H3,(H,17,20). The molecule has 1 unspecified atom stereocenters. The van der Waals surface area contributed by atoms with E-state index in [2.05, 4.69) is 10.4 Å². The smallest absolute Gasteiger partial charge is 0.260 e. The summed E-state index contributed by atoms with van der Waals surface area (Å²) in [6, 6.07) is 7.20. The van der Waals surface area contributed by atoms with Crippen LogP contribution in [0.15, 0.2) is 36.7 Å². The molecule has 1 aromatic carbocycles. The third kappa shape index (κ3) is 4.39. The van der Waals surface area contributed by atoms with Gasteiger partial charge in [0.25, 0.3) is 5.91 Å². The number of benzene rings is 1. The maximum absolute atomic E-state index is 12.0. The molecule has 0 spiro atoms. The largest absolute Gasteiger partial charge is 0.493 e. The van der Waals surface area contributed by atoms with Crippen molar-refractivity contribution in [3.63, 3.8) is 0 Å². The minimum Gasteiger partial charge on any atom is -0.493 e. The van der Waals surface area contributed by atoms with E-state index < -0.39 is 6.10 Å². The Balaban J connectivity index is 1.81. The van der Waals surface area contributed by atoms with Crippen LogP contribution in [-0.4, -0.2) is 35.4 Å². The summed E-state index contributed by atoms with van der Waals surface area (Å²) in [6.07, 6.45) is 2.62. The Kier molecular flexibility index (Phi) is 5.66. The van der Waals surface area contributed by atoms with E-state index in [0.717, 1.165) is 0 Å². The molecule has 0 aliphatic heterocycles. The van der Waals surface area contributed by atoms with Crippen molar-refractivity contribution in [3.8, 4) is 11.5 Å². The third-order valence-electron chi connectivity index (χ3n) is 2.98. The molecule has 1 amide bonds. The molecule has 0 aliphatic carbocycles. The number of carbonyl (C=O) groups excluding carboxylic acids is 1. The molecule has 0 saturated carbocycles. The Bertz CT molecular complexity index is 630. The number of methoxy groups -OCH3 is 1. The topological polar surface area (TPSA) is 65.4 Å². The van der Waals surface area contributed by atoms with Crippen LogP contribution in [0.1, 0.15) is 6.92 Å². The Morgan fingerprint density at radius 3 is 2.77 bits per heavy atom. The quantitative estimate of drug-likeness (QED) is 0.847. The number of para-hydroxylation sites is 2. The van der Waals surface area contributed by atoms with Gasteiger partial charge in [-0.3, -0.25) is 9.48 Å². The molecule has 7 heteroatoms. The van der Waals surface area contributed by atoms with Crippen molar-refractivity contribution in [3.05, 3.63) is 41.7 Å². The second-order valence-electron chi connectivity index (χ2n) is 4.62. The fraction of sp³-hybridized carbons (Fsp3) is 0.333. The van der Waals surface area contributed by atoms with Gasteiger partial charge in [-0.1, -0.05) is 23.7 Å². The molecule has 1 atom stereocenters. The highest BCUT2D eigenvalue weighted by Gasteiger charge is 2.16. The number of rotatable bonds is 7. The van der Waals surface area contributed by atoms with Crippen LogP contribution in [0.4, 0.5) is 0 Å². The Labute approximate surface area is 134 Å². The number of nitrogens with zero attached hydrogens (tertiary/aromatic N) is 2. The summed E-state index contributed by atoms with van der Waals surface area (Å²) in [4.78, 5) is 12.0. The summed E-state index contributed by atoms with van der Waals surface area (Å²) in [5.74, 6) is 0.920. The predicted octanol–water partition coefficient (Wildman–Crippen LogP) is 2.13. The summed E-state index contributed by atoms with van der Waals surface area (Å²) >= 11 is 5.77. The number of ether oxygens (including phenoxy) is 2. The molecule has 6 nitrogen and oxygen atoms in total. The molecule has 1 aromatic heterocycles. The second kappa shape index (κ2) is 7.70. The number of carbonyl (C=O) groups is 1. The number of nitrogens with one attached hydrogen (secondary N) is 1. The first-order chi connectivity index (χ1) is 10.6. The zero-order valence-corrected chi connectivity index (χ0v) is 13.2. The zero-order chi connectivity index (χ0) is 15.9. The molecule has 118 valence electrons. The summed E-state index contributed by atoms with van der Waals surface area (Å²) in [5, 5.41) is 7.39. The summed E-state index contributed by atoms with van der Waals surface area (Å²) < 4.78 is 12.5. The van der Waals surface area contributed by atoms with E-state index in [9.17, 15) is 4.79 Å². The highest BCUT2D eigenvalue weighted by molar-refractivity contribution is 6.30. The van der Waals surface area contributed by atoms with Crippen molar-refractivity contribution in [2.75, 3.05) is 13.7 Å². The molecule has 1 N–H and O–H groups in total. The molecular formula is C15H18ClN3O3. The van der Waals surface area contributed by atoms with Gasteiger partial charge in [-0.05, 0) is 19.1 Å². The van der Waals surface area contributed by atoms with Gasteiger partial charge in [-0.25, -0.2) is 0 Å². The molecule has 0 fully saturated rings. The fourth-order valence-electron chi connectivity index (χ4n) is 1.86. The van der Waals surface area contributed by atoms with Crippen molar-refractivity contribution >= 4 is 17.5 Å². The Morgan fingerprint density at radius 2 is 2.14 bits per heavy atom. The van der Waals surface area contributed by atoms with Crippen LogP contribution in [0.5, 0.6) is 11.5 Å². The van der Waals surface area contributed by atoms with Crippen molar-refractivity contribution < 1.29 is 14.3 Å². The van der Waals surface area contributed by atoms with Crippen molar-refractivity contribution in [2.45, 2.75) is 19.6 Å². The zero-order valence-electron chi connectivity index (χ0n) is 12.5. The van der Waals surface area contributed by atoms with Gasteiger partial charge < -0.3 is 14.8 Å². The summed E-state index contributed by atoms with van der Waals surface area (Å²) in [7, 11) is 1.56. The number of hydrogen-bond acceptors (Lipinski definition) is 4. The Hall–Kier alpha value is -2.21. The minimum atomic E-state index is -0.627. The van der Waals surface area contributed by atoms with E-state index in [0.29, 0.717) is 29.6 Å². The Morgan fingerprint density at radius 1 is 1.41 bits per heavy atom. The van der Waals surface area contributed by atoms with Gasteiger partial charge in [0.2, 0.25) is 0 Å². The molecule has 2 rings (SSSR count). The average molecular weight is 324 g/mol. The number of amides is 1. The molecule has 0 bridgehead atoms. The number of aromatic nitrogens is 2. The van der Waals surface area contributed by atoms with Crippen LogP contribution in [0.3, 0.4) is 0 Å². The lowest BCUT2D eigenvalue weighted by Gasteiger charge is -2.16. The molecule has 0 radical (unpaired) electrons. The van der Waals surface area contributed by atoms with E-state index in [1.165, 1.54) is 0 Å². The van der Waals surface area contributed by atoms with E-state index in [4.69, 9.17) is 21.1 Å². The maximum Gasteiger partial charge on any atom is 0.260 e. The molecule has 2 aromatic rings. The monoisotopic (exact) mass is 323 g/mol. The van der Waals surface area contributed by atoms with Crippen LogP contribution in [0.2, 0.25) is 5.02 Å². The van der Waals surface area contributed by atoms with Crippen LogP contribution in [0, 0.1) is 0 Å². The maximum atomic E-state index is 12.0. The number of halogens is 1. The predicted molar refractivity (Wildman–Crippen MR) is 83.3 cm³/mol. The van der Waals surface area contributed by atoms with Gasteiger partial charge >= 0.3 is 0 Å². The van der Waals surface area contributed by atoms with E-state index in [1.807, 2.05) is 12.1 Å². The summed E-state index contributed by atoms with van der Waals surface area (Å²) in [5.41, 5.74) is 0. The van der Waals surface area contributed by atoms with Gasteiger partial charge in [0.1, 0.15) is 0 Å². The van der Waals surface area contributed by atoms with Gasteiger partial charge in [-0.2, -0.15) is 5.10 Å². The van der Waals surface area contributed by atoms with Gasteiger partial charge in [0, 0.05) is 12.7 Å². The molecule has 1 heterocycles. The first-order valence-corrected chi connectivity index (χ1v) is 7.23. The van der Waals surface area contributed by atoms with Crippen molar-refractivity contribution in [2.24, 2.45) is 0 Å². The first kappa shape index (κ1) is 16.2. The van der Waals surface area contributed by atoms with Gasteiger partial charge in [0.15, 0.2) is 17.6 Å². The highest BCUT2D eigenvalue weighted by atomic mass is 35.5. The van der Waals surface area contributed by atoms with E-state index in [-0.39, 0.29) is 5.91 Å². The fourth-order valence-corrected chi connectivity index (χ4v) is 2.01. The molecular weight excluding hydrogens is 306 g/mol. The van der Waals surface area contributed by atoms with Crippen molar-refractivity contribution in [1.82, 2.24) is 15.1 Å². The summed E-state index contributed by atoms with van der Waals surface area (Å²) in [6.45, 7) is 2.67. The van der Waals surface area contributed by atoms with Crippen LogP contribution in [0.25, 0.3) is 0 Å². The minimum absolute atomic E-state index is 0.204. The van der Waals surface area contributed by atoms with Crippen LogP contribution in [-0.2, 0) is 11.3 Å². The lowest BCUT2D eigenvalue weighted by Crippen LogP contribution is -2.38. The molecule has 22 heavy (non-hydrogen) atoms. The lowest BCUT2D eigenvalue weighted by atomic mass is 10.3. The van der Waals surface area contributed by atoms with Crippen LogP contribution >= 0.6 is 11.6 Å². The first-order valence-electron chi connectivity index (χ1n) is 6.85. The number of hydrogen-bond donors (Lipinski definition) is 1. The van der Waals surface area contributed by atoms with Crippen molar-refractivity contribution in [1.29, 1.82) is 0 Å². The van der Waals surface area contributed by atoms with E-state index >= 15 is 0 Å². The molecule has 0 aliphatic rings. The van der Waals surface area contributed by atoms with Crippen LogP contribution < -0.4 is 14.8 Å².